The highest BCUT2D eigenvalue weighted by atomic mass is 35.5. The van der Waals surface area contributed by atoms with Crippen LogP contribution in [0.2, 0.25) is 5.02 Å². The number of thioether (sulfide) groups is 1. The van der Waals surface area contributed by atoms with Crippen molar-refractivity contribution in [1.82, 2.24) is 20.2 Å². The Kier molecular flexibility index (Phi) is 6.25. The largest absolute Gasteiger partial charge is 0.301 e. The van der Waals surface area contributed by atoms with E-state index in [0.29, 0.717) is 32.3 Å². The van der Waals surface area contributed by atoms with Crippen LogP contribution in [0.15, 0.2) is 34.2 Å². The van der Waals surface area contributed by atoms with Gasteiger partial charge in [0.25, 0.3) is 5.56 Å². The third-order valence-electron chi connectivity index (χ3n) is 3.57. The summed E-state index contributed by atoms with van der Waals surface area (Å²) >= 11 is 8.65. The maximum absolute atomic E-state index is 12.4. The quantitative estimate of drug-likeness (QED) is 0.467. The number of hydrogen-bond acceptors (Lipinski definition) is 7. The van der Waals surface area contributed by atoms with Gasteiger partial charge in [0.05, 0.1) is 6.42 Å². The number of carbonyl (C=O) groups excluding carboxylic acids is 1. The minimum absolute atomic E-state index is 0.0773. The molecule has 2 N–H and O–H groups in total. The average molecular weight is 422 g/mol. The molecule has 27 heavy (non-hydrogen) atoms. The van der Waals surface area contributed by atoms with Gasteiger partial charge in [0.15, 0.2) is 5.16 Å². The van der Waals surface area contributed by atoms with E-state index in [9.17, 15) is 9.59 Å². The van der Waals surface area contributed by atoms with Crippen molar-refractivity contribution in [2.45, 2.75) is 31.2 Å². The first-order valence-electron chi connectivity index (χ1n) is 7.97. The van der Waals surface area contributed by atoms with Gasteiger partial charge in [-0.1, -0.05) is 46.8 Å². The fraction of sp³-hybridized carbons (Fsp3) is 0.235. The van der Waals surface area contributed by atoms with Crippen molar-refractivity contribution in [3.63, 3.8) is 0 Å². The zero-order valence-electron chi connectivity index (χ0n) is 14.6. The Balaban J connectivity index is 1.67. The van der Waals surface area contributed by atoms with Gasteiger partial charge >= 0.3 is 0 Å². The second-order valence-corrected chi connectivity index (χ2v) is 8.29. The van der Waals surface area contributed by atoms with Crippen LogP contribution in [0.4, 0.5) is 5.13 Å². The van der Waals surface area contributed by atoms with E-state index in [-0.39, 0.29) is 17.9 Å². The lowest BCUT2D eigenvalue weighted by atomic mass is 10.1. The Morgan fingerprint density at radius 2 is 2.15 bits per heavy atom. The molecule has 0 aliphatic heterocycles. The van der Waals surface area contributed by atoms with E-state index in [1.54, 1.807) is 13.8 Å². The number of aromatic amines is 1. The van der Waals surface area contributed by atoms with Crippen molar-refractivity contribution in [2.24, 2.45) is 0 Å². The van der Waals surface area contributed by atoms with Gasteiger partial charge in [-0.2, -0.15) is 0 Å². The van der Waals surface area contributed by atoms with E-state index in [1.807, 2.05) is 24.3 Å². The molecule has 2 heterocycles. The van der Waals surface area contributed by atoms with E-state index in [2.05, 4.69) is 25.5 Å². The molecule has 0 bridgehead atoms. The van der Waals surface area contributed by atoms with Gasteiger partial charge in [-0.15, -0.1) is 10.2 Å². The second-order valence-electron chi connectivity index (χ2n) is 5.70. The highest BCUT2D eigenvalue weighted by Crippen LogP contribution is 2.21. The van der Waals surface area contributed by atoms with Crippen molar-refractivity contribution in [3.8, 4) is 0 Å². The van der Waals surface area contributed by atoms with Gasteiger partial charge in [0.2, 0.25) is 11.0 Å². The number of anilines is 1. The van der Waals surface area contributed by atoms with Crippen molar-refractivity contribution in [2.75, 3.05) is 5.32 Å². The van der Waals surface area contributed by atoms with Crippen molar-refractivity contribution >= 4 is 45.7 Å². The zero-order chi connectivity index (χ0) is 19.4. The third-order valence-corrected chi connectivity index (χ3v) is 5.51. The summed E-state index contributed by atoms with van der Waals surface area (Å²) in [7, 11) is 0. The zero-order valence-corrected chi connectivity index (χ0v) is 17.0. The molecule has 140 valence electrons. The highest BCUT2D eigenvalue weighted by Gasteiger charge is 2.14. The van der Waals surface area contributed by atoms with Crippen LogP contribution in [-0.2, 0) is 17.0 Å². The van der Waals surface area contributed by atoms with Crippen molar-refractivity contribution in [1.29, 1.82) is 0 Å². The molecule has 1 aromatic carbocycles. The summed E-state index contributed by atoms with van der Waals surface area (Å²) in [6.45, 7) is 3.52. The Bertz CT molecular complexity index is 1030. The van der Waals surface area contributed by atoms with E-state index in [4.69, 9.17) is 11.6 Å². The molecule has 0 radical (unpaired) electrons. The van der Waals surface area contributed by atoms with Crippen LogP contribution < -0.4 is 10.9 Å². The number of carbonyl (C=O) groups is 1. The standard InChI is InChI=1S/C17H16ClN5O2S2/c1-9-13(7-14(24)20-17-23-22-10(2)27-17)15(25)21-16(19-9)26-8-11-4-3-5-12(18)6-11/h3-6H,7-8H2,1-2H3,(H,19,21,25)(H,20,23,24). The fourth-order valence-corrected chi connectivity index (χ4v) is 3.98. The molecule has 0 fully saturated rings. The van der Waals surface area contributed by atoms with E-state index < -0.39 is 0 Å². The molecule has 0 unspecified atom stereocenters. The van der Waals surface area contributed by atoms with Crippen LogP contribution in [0.5, 0.6) is 0 Å². The summed E-state index contributed by atoms with van der Waals surface area (Å²) in [6.07, 6.45) is -0.0773. The van der Waals surface area contributed by atoms with Crippen LogP contribution in [0.3, 0.4) is 0 Å². The number of halogens is 1. The summed E-state index contributed by atoms with van der Waals surface area (Å²) < 4.78 is 0. The van der Waals surface area contributed by atoms with Crippen molar-refractivity contribution < 1.29 is 4.79 Å². The number of hydrogen-bond donors (Lipinski definition) is 2. The van der Waals surface area contributed by atoms with Gasteiger partial charge in [-0.3, -0.25) is 9.59 Å². The molecule has 7 nitrogen and oxygen atoms in total. The van der Waals surface area contributed by atoms with E-state index in [0.717, 1.165) is 10.6 Å². The number of H-pyrrole nitrogens is 1. The monoisotopic (exact) mass is 421 g/mol. The molecular formula is C17H16ClN5O2S2. The topological polar surface area (TPSA) is 101 Å². The number of nitrogens with one attached hydrogen (secondary N) is 2. The summed E-state index contributed by atoms with van der Waals surface area (Å²) in [6, 6.07) is 7.51. The minimum Gasteiger partial charge on any atom is -0.301 e. The van der Waals surface area contributed by atoms with Gasteiger partial charge < -0.3 is 10.3 Å². The molecular weight excluding hydrogens is 406 g/mol. The molecule has 0 atom stereocenters. The number of rotatable bonds is 6. The Morgan fingerprint density at radius 3 is 2.81 bits per heavy atom. The molecule has 3 rings (SSSR count). The number of nitrogens with zero attached hydrogens (tertiary/aromatic N) is 3. The first-order valence-corrected chi connectivity index (χ1v) is 10.2. The van der Waals surface area contributed by atoms with Gasteiger partial charge in [0, 0.05) is 22.0 Å². The van der Waals surface area contributed by atoms with Gasteiger partial charge in [-0.25, -0.2) is 4.98 Å². The van der Waals surface area contributed by atoms with Gasteiger partial charge in [-0.05, 0) is 31.5 Å². The lowest BCUT2D eigenvalue weighted by Crippen LogP contribution is -2.23. The Hall–Kier alpha value is -2.23. The molecule has 10 heteroatoms. The Morgan fingerprint density at radius 1 is 1.33 bits per heavy atom. The summed E-state index contributed by atoms with van der Waals surface area (Å²) in [5, 5.41) is 12.6. The highest BCUT2D eigenvalue weighted by molar-refractivity contribution is 7.98. The molecule has 2 aromatic heterocycles. The first-order chi connectivity index (χ1) is 12.9. The first kappa shape index (κ1) is 19.5. The van der Waals surface area contributed by atoms with Crippen LogP contribution in [0.25, 0.3) is 0 Å². The molecule has 3 aromatic rings. The molecule has 0 saturated heterocycles. The van der Waals surface area contributed by atoms with Gasteiger partial charge in [0.1, 0.15) is 5.01 Å². The summed E-state index contributed by atoms with van der Waals surface area (Å²) in [4.78, 5) is 31.7. The van der Waals surface area contributed by atoms with Crippen LogP contribution in [0, 0.1) is 13.8 Å². The summed E-state index contributed by atoms with van der Waals surface area (Å²) in [5.74, 6) is 0.292. The maximum atomic E-state index is 12.4. The summed E-state index contributed by atoms with van der Waals surface area (Å²) in [5.41, 5.74) is 1.57. The van der Waals surface area contributed by atoms with E-state index in [1.165, 1.54) is 23.1 Å². The number of amides is 1. The van der Waals surface area contributed by atoms with Crippen molar-refractivity contribution in [3.05, 3.63) is 61.5 Å². The number of aromatic nitrogens is 4. The maximum Gasteiger partial charge on any atom is 0.255 e. The molecule has 1 amide bonds. The SMILES string of the molecule is Cc1nnc(NC(=O)Cc2c(C)nc(SCc3cccc(Cl)c3)[nH]c2=O)s1. The normalized spacial score (nSPS) is 10.8. The molecule has 0 saturated carbocycles. The smallest absolute Gasteiger partial charge is 0.255 e. The fourth-order valence-electron chi connectivity index (χ4n) is 2.31. The number of aryl methyl sites for hydroxylation is 2. The lowest BCUT2D eigenvalue weighted by molar-refractivity contribution is -0.115. The van der Waals surface area contributed by atoms with Crippen LogP contribution in [0.1, 0.15) is 21.8 Å². The van der Waals surface area contributed by atoms with Crippen LogP contribution in [-0.4, -0.2) is 26.1 Å². The molecule has 0 aliphatic carbocycles. The second kappa shape index (κ2) is 8.64. The average Bonchev–Trinajstić information content (AvgIpc) is 3.01. The Labute approximate surface area is 168 Å². The third kappa shape index (κ3) is 5.38. The van der Waals surface area contributed by atoms with E-state index >= 15 is 0 Å². The van der Waals surface area contributed by atoms with Crippen LogP contribution >= 0.6 is 34.7 Å². The number of benzene rings is 1. The molecule has 0 aliphatic rings. The lowest BCUT2D eigenvalue weighted by Gasteiger charge is -2.07. The predicted octanol–water partition coefficient (Wildman–Crippen LogP) is 3.37. The predicted molar refractivity (Wildman–Crippen MR) is 108 cm³/mol. The molecule has 0 spiro atoms. The minimum atomic E-state index is -0.333.